The lowest BCUT2D eigenvalue weighted by Gasteiger charge is -2.18. The van der Waals surface area contributed by atoms with Gasteiger partial charge < -0.3 is 24.9 Å². The molecule has 224 valence electrons. The van der Waals surface area contributed by atoms with Crippen LogP contribution < -0.4 is 15.4 Å². The second-order valence-electron chi connectivity index (χ2n) is 8.84. The second kappa shape index (κ2) is 12.1. The Morgan fingerprint density at radius 1 is 1.12 bits per heavy atom. The Kier molecular flexibility index (Phi) is 8.91. The van der Waals surface area contributed by atoms with Gasteiger partial charge in [0.2, 0.25) is 0 Å². The summed E-state index contributed by atoms with van der Waals surface area (Å²) in [6.45, 7) is 2.11. The van der Waals surface area contributed by atoms with Crippen LogP contribution in [0.15, 0.2) is 42.6 Å². The number of alkyl halides is 3. The molecule has 3 aromatic heterocycles. The standard InChI is InChI=1S/C24H23F4N6O7P/c1-12-16(19-5-6-21-31-20(10-34(21)33-19)32-22(35)11-40-42(37,38)39)8-17(13(2)30-12)23(36)29-9-14-7-15(3-4-18(14)25)41-24(26,27)28/h3-8,10,23,29,36H,9,11H2,1-2H3,(H,32,35)(H2,37,38,39). The van der Waals surface area contributed by atoms with E-state index in [-0.39, 0.29) is 17.9 Å². The molecule has 13 nitrogen and oxygen atoms in total. The topological polar surface area (TPSA) is 180 Å². The number of amides is 1. The highest BCUT2D eigenvalue weighted by molar-refractivity contribution is 7.46. The number of hydrogen-bond acceptors (Lipinski definition) is 9. The highest BCUT2D eigenvalue weighted by Crippen LogP contribution is 2.35. The molecular formula is C24H23F4N6O7P. The number of imidazole rings is 1. The van der Waals surface area contributed by atoms with Gasteiger partial charge in [-0.25, -0.2) is 18.5 Å². The number of halogens is 4. The maximum absolute atomic E-state index is 14.2. The molecule has 42 heavy (non-hydrogen) atoms. The molecule has 0 aliphatic heterocycles. The van der Waals surface area contributed by atoms with Crippen LogP contribution in [0.4, 0.5) is 23.4 Å². The zero-order valence-corrected chi connectivity index (χ0v) is 22.7. The number of pyridine rings is 1. The maximum atomic E-state index is 14.2. The summed E-state index contributed by atoms with van der Waals surface area (Å²) in [7, 11) is -4.83. The molecule has 0 saturated carbocycles. The number of ether oxygens (including phenoxy) is 1. The van der Waals surface area contributed by atoms with Crippen molar-refractivity contribution in [1.29, 1.82) is 0 Å². The third-order valence-electron chi connectivity index (χ3n) is 5.70. The Morgan fingerprint density at radius 3 is 2.55 bits per heavy atom. The van der Waals surface area contributed by atoms with Crippen molar-refractivity contribution in [1.82, 2.24) is 24.9 Å². The van der Waals surface area contributed by atoms with Crippen LogP contribution in [-0.2, 0) is 20.4 Å². The number of nitrogens with one attached hydrogen (secondary N) is 2. The molecule has 0 bridgehead atoms. The molecule has 1 atom stereocenters. The first kappa shape index (κ1) is 31.0. The van der Waals surface area contributed by atoms with E-state index >= 15 is 0 Å². The maximum Gasteiger partial charge on any atom is 0.573 e. The Hall–Kier alpha value is -3.99. The highest BCUT2D eigenvalue weighted by Gasteiger charge is 2.31. The van der Waals surface area contributed by atoms with Crippen molar-refractivity contribution in [2.45, 2.75) is 33.0 Å². The zero-order chi connectivity index (χ0) is 30.8. The quantitative estimate of drug-likeness (QED) is 0.101. The Bertz CT molecular complexity index is 1680. The first-order valence-corrected chi connectivity index (χ1v) is 13.4. The van der Waals surface area contributed by atoms with Crippen molar-refractivity contribution in [3.8, 4) is 17.0 Å². The van der Waals surface area contributed by atoms with Crippen molar-refractivity contribution in [3.05, 3.63) is 70.9 Å². The molecule has 18 heteroatoms. The summed E-state index contributed by atoms with van der Waals surface area (Å²) in [6.07, 6.45) is -4.99. The molecule has 0 aliphatic rings. The molecule has 0 fully saturated rings. The monoisotopic (exact) mass is 614 g/mol. The van der Waals surface area contributed by atoms with E-state index in [1.165, 1.54) is 10.7 Å². The predicted octanol–water partition coefficient (Wildman–Crippen LogP) is 3.27. The number of benzene rings is 1. The summed E-state index contributed by atoms with van der Waals surface area (Å²) >= 11 is 0. The van der Waals surface area contributed by atoms with Crippen LogP contribution >= 0.6 is 7.82 Å². The molecule has 3 heterocycles. The van der Waals surface area contributed by atoms with Crippen LogP contribution in [0.25, 0.3) is 16.9 Å². The summed E-state index contributed by atoms with van der Waals surface area (Å²) < 4.78 is 71.9. The van der Waals surface area contributed by atoms with Crippen molar-refractivity contribution in [2.24, 2.45) is 0 Å². The summed E-state index contributed by atoms with van der Waals surface area (Å²) in [5.74, 6) is -2.23. The van der Waals surface area contributed by atoms with Crippen LogP contribution in [0.1, 0.15) is 28.7 Å². The van der Waals surface area contributed by atoms with Gasteiger partial charge in [0.1, 0.15) is 24.4 Å². The Labute approximate surface area is 234 Å². The predicted molar refractivity (Wildman–Crippen MR) is 137 cm³/mol. The van der Waals surface area contributed by atoms with Gasteiger partial charge in [-0.15, -0.1) is 13.2 Å². The first-order valence-electron chi connectivity index (χ1n) is 11.9. The van der Waals surface area contributed by atoms with E-state index in [2.05, 4.69) is 35.0 Å². The molecule has 4 rings (SSSR count). The molecule has 1 amide bonds. The van der Waals surface area contributed by atoms with Crippen LogP contribution in [0, 0.1) is 19.7 Å². The Morgan fingerprint density at radius 2 is 1.86 bits per heavy atom. The van der Waals surface area contributed by atoms with Crippen LogP contribution in [-0.4, -0.2) is 53.4 Å². The minimum Gasteiger partial charge on any atom is -0.406 e. The molecule has 4 aromatic rings. The lowest BCUT2D eigenvalue weighted by atomic mass is 10.0. The fourth-order valence-electron chi connectivity index (χ4n) is 3.88. The van der Waals surface area contributed by atoms with Crippen molar-refractivity contribution in [3.63, 3.8) is 0 Å². The average molecular weight is 614 g/mol. The van der Waals surface area contributed by atoms with Crippen LogP contribution in [0.2, 0.25) is 0 Å². The van der Waals surface area contributed by atoms with E-state index in [9.17, 15) is 32.0 Å². The fraction of sp³-hybridized carbons (Fsp3) is 0.250. The van der Waals surface area contributed by atoms with Gasteiger partial charge in [-0.2, -0.15) is 5.10 Å². The van der Waals surface area contributed by atoms with Gasteiger partial charge in [-0.3, -0.25) is 19.6 Å². The number of rotatable bonds is 10. The van der Waals surface area contributed by atoms with E-state index < -0.39 is 44.5 Å². The van der Waals surface area contributed by atoms with Crippen molar-refractivity contribution in [2.75, 3.05) is 11.9 Å². The molecule has 1 unspecified atom stereocenters. The van der Waals surface area contributed by atoms with Gasteiger partial charge in [-0.05, 0) is 50.2 Å². The number of fused-ring (bicyclic) bond motifs is 1. The summed E-state index contributed by atoms with van der Waals surface area (Å²) in [6, 6.07) is 7.32. The molecule has 0 radical (unpaired) electrons. The van der Waals surface area contributed by atoms with Crippen LogP contribution in [0.5, 0.6) is 5.75 Å². The summed E-state index contributed by atoms with van der Waals surface area (Å²) in [5, 5.41) is 20.2. The van der Waals surface area contributed by atoms with E-state index in [4.69, 9.17) is 9.79 Å². The van der Waals surface area contributed by atoms with Crippen molar-refractivity contribution < 1.29 is 51.1 Å². The van der Waals surface area contributed by atoms with Gasteiger partial charge in [0.05, 0.1) is 11.9 Å². The highest BCUT2D eigenvalue weighted by atomic mass is 31.2. The minimum atomic E-state index is -4.95. The average Bonchev–Trinajstić information content (AvgIpc) is 3.28. The minimum absolute atomic E-state index is 0.0370. The third-order valence-corrected chi connectivity index (χ3v) is 6.17. The Balaban J connectivity index is 1.52. The zero-order valence-electron chi connectivity index (χ0n) is 21.8. The van der Waals surface area contributed by atoms with Gasteiger partial charge in [0.25, 0.3) is 5.91 Å². The number of aryl methyl sites for hydroxylation is 2. The second-order valence-corrected chi connectivity index (χ2v) is 10.1. The lowest BCUT2D eigenvalue weighted by molar-refractivity contribution is -0.274. The lowest BCUT2D eigenvalue weighted by Crippen LogP contribution is -2.23. The number of aromatic nitrogens is 4. The number of nitrogens with zero attached hydrogens (tertiary/aromatic N) is 4. The fourth-order valence-corrected chi connectivity index (χ4v) is 4.17. The SMILES string of the molecule is Cc1nc(C)c(C(O)NCc2cc(OC(F)(F)F)ccc2F)cc1-c1ccc2nc(NC(=O)COP(=O)(O)O)cn2n1. The van der Waals surface area contributed by atoms with E-state index in [0.29, 0.717) is 33.9 Å². The van der Waals surface area contributed by atoms with E-state index in [1.807, 2.05) is 0 Å². The van der Waals surface area contributed by atoms with Gasteiger partial charge in [0.15, 0.2) is 11.5 Å². The number of anilines is 1. The number of hydrogen-bond donors (Lipinski definition) is 5. The molecule has 5 N–H and O–H groups in total. The normalized spacial score (nSPS) is 12.9. The smallest absolute Gasteiger partial charge is 0.406 e. The number of carbonyl (C=O) groups excluding carboxylic acids is 1. The molecule has 0 saturated heterocycles. The number of aliphatic hydroxyl groups excluding tert-OH is 1. The molecule has 1 aromatic carbocycles. The van der Waals surface area contributed by atoms with E-state index in [1.54, 1.807) is 32.0 Å². The van der Waals surface area contributed by atoms with Crippen LogP contribution in [0.3, 0.4) is 0 Å². The first-order chi connectivity index (χ1) is 19.6. The van der Waals surface area contributed by atoms with Gasteiger partial charge in [-0.1, -0.05) is 0 Å². The number of phosphoric acid groups is 1. The molecule has 0 spiro atoms. The van der Waals surface area contributed by atoms with Gasteiger partial charge in [0, 0.05) is 34.6 Å². The largest absolute Gasteiger partial charge is 0.573 e. The van der Waals surface area contributed by atoms with Gasteiger partial charge >= 0.3 is 14.2 Å². The summed E-state index contributed by atoms with van der Waals surface area (Å²) in [4.78, 5) is 37.9. The number of phosphoric ester groups is 1. The third kappa shape index (κ3) is 8.06. The molecular weight excluding hydrogens is 591 g/mol. The molecule has 0 aliphatic carbocycles. The van der Waals surface area contributed by atoms with E-state index in [0.717, 1.165) is 18.2 Å². The number of aliphatic hydroxyl groups is 1. The number of carbonyl (C=O) groups is 1. The van der Waals surface area contributed by atoms with Crippen molar-refractivity contribution >= 4 is 25.2 Å². The summed E-state index contributed by atoms with van der Waals surface area (Å²) in [5.41, 5.74) is 2.31.